The van der Waals surface area contributed by atoms with Crippen molar-refractivity contribution in [1.82, 2.24) is 9.80 Å². The van der Waals surface area contributed by atoms with Gasteiger partial charge in [0.05, 0.1) is 11.7 Å². The lowest BCUT2D eigenvalue weighted by Gasteiger charge is -2.37. The van der Waals surface area contributed by atoms with Crippen molar-refractivity contribution in [3.63, 3.8) is 0 Å². The second-order valence-electron chi connectivity index (χ2n) is 6.62. The van der Waals surface area contributed by atoms with Crippen molar-refractivity contribution in [2.24, 2.45) is 0 Å². The van der Waals surface area contributed by atoms with E-state index in [1.807, 2.05) is 4.90 Å². The number of carbonyl (C=O) groups excluding carboxylic acids is 2. The molecule has 3 rings (SSSR count). The number of nitrogens with one attached hydrogen (secondary N) is 1. The highest BCUT2D eigenvalue weighted by atomic mass is 35.5. The van der Waals surface area contributed by atoms with Crippen LogP contribution in [0.15, 0.2) is 42.5 Å². The summed E-state index contributed by atoms with van der Waals surface area (Å²) in [4.78, 5) is 28.6. The number of anilines is 1. The van der Waals surface area contributed by atoms with E-state index in [1.165, 1.54) is 0 Å². The van der Waals surface area contributed by atoms with Crippen molar-refractivity contribution in [1.29, 1.82) is 0 Å². The summed E-state index contributed by atoms with van der Waals surface area (Å²) in [6.45, 7) is 3.63. The van der Waals surface area contributed by atoms with Crippen molar-refractivity contribution in [2.45, 2.75) is 13.0 Å². The molecule has 1 heterocycles. The number of rotatable bonds is 4. The molecule has 1 atom stereocenters. The molecule has 1 N–H and O–H groups in total. The fourth-order valence-electron chi connectivity index (χ4n) is 3.08. The minimum absolute atomic E-state index is 0.0877. The van der Waals surface area contributed by atoms with Gasteiger partial charge in [-0.1, -0.05) is 11.6 Å². The lowest BCUT2D eigenvalue weighted by atomic mass is 10.1. The molecule has 1 unspecified atom stereocenters. The first-order chi connectivity index (χ1) is 13.3. The van der Waals surface area contributed by atoms with Crippen LogP contribution in [0, 0.1) is 11.6 Å². The van der Waals surface area contributed by atoms with Gasteiger partial charge in [0.2, 0.25) is 5.91 Å². The van der Waals surface area contributed by atoms with Gasteiger partial charge >= 0.3 is 0 Å². The second-order valence-corrected chi connectivity index (χ2v) is 7.06. The molecule has 28 heavy (non-hydrogen) atoms. The molecule has 0 saturated carbocycles. The Kier molecular flexibility index (Phi) is 6.26. The van der Waals surface area contributed by atoms with Crippen molar-refractivity contribution >= 4 is 29.1 Å². The lowest BCUT2D eigenvalue weighted by molar-refractivity contribution is -0.121. The summed E-state index contributed by atoms with van der Waals surface area (Å²) in [5.74, 6) is -1.84. The van der Waals surface area contributed by atoms with Gasteiger partial charge in [-0.15, -0.1) is 0 Å². The van der Waals surface area contributed by atoms with Crippen LogP contribution < -0.4 is 5.32 Å². The molecular weight excluding hydrogens is 388 g/mol. The summed E-state index contributed by atoms with van der Waals surface area (Å²) in [5, 5.41) is 2.99. The predicted octanol–water partition coefficient (Wildman–Crippen LogP) is 3.40. The Morgan fingerprint density at radius 3 is 2.32 bits per heavy atom. The molecule has 0 spiro atoms. The molecule has 0 aliphatic carbocycles. The van der Waals surface area contributed by atoms with Gasteiger partial charge in [0, 0.05) is 42.8 Å². The SMILES string of the molecule is CC(C(=O)Nc1cc(F)ccc1F)N1CCN(C(=O)c2ccc(Cl)cc2)CC1. The Morgan fingerprint density at radius 2 is 1.68 bits per heavy atom. The maximum absolute atomic E-state index is 13.7. The molecule has 1 aliphatic rings. The third-order valence-corrected chi connectivity index (χ3v) is 5.06. The Balaban J connectivity index is 1.56. The van der Waals surface area contributed by atoms with E-state index in [-0.39, 0.29) is 11.6 Å². The number of hydrogen-bond acceptors (Lipinski definition) is 3. The van der Waals surface area contributed by atoms with Crippen LogP contribution in [0.1, 0.15) is 17.3 Å². The van der Waals surface area contributed by atoms with Gasteiger partial charge in [-0.25, -0.2) is 8.78 Å². The molecular formula is C20H20ClF2N3O2. The van der Waals surface area contributed by atoms with Gasteiger partial charge in [0.15, 0.2) is 0 Å². The minimum atomic E-state index is -0.694. The zero-order valence-electron chi connectivity index (χ0n) is 15.3. The molecule has 0 aromatic heterocycles. The highest BCUT2D eigenvalue weighted by Gasteiger charge is 2.28. The zero-order chi connectivity index (χ0) is 20.3. The standard InChI is InChI=1S/C20H20ClF2N3O2/c1-13(19(27)24-18-12-16(22)6-7-17(18)23)25-8-10-26(11-9-25)20(28)14-2-4-15(21)5-3-14/h2-7,12-13H,8-11H2,1H3,(H,24,27). The van der Waals surface area contributed by atoms with Crippen molar-refractivity contribution in [2.75, 3.05) is 31.5 Å². The summed E-state index contributed by atoms with van der Waals surface area (Å²) >= 11 is 5.85. The van der Waals surface area contributed by atoms with E-state index < -0.39 is 23.6 Å². The number of carbonyl (C=O) groups is 2. The van der Waals surface area contributed by atoms with Gasteiger partial charge in [0.1, 0.15) is 11.6 Å². The number of benzene rings is 2. The van der Waals surface area contributed by atoms with E-state index in [0.717, 1.165) is 18.2 Å². The molecule has 0 radical (unpaired) electrons. The number of hydrogen-bond donors (Lipinski definition) is 1. The highest BCUT2D eigenvalue weighted by Crippen LogP contribution is 2.17. The quantitative estimate of drug-likeness (QED) is 0.845. The molecule has 2 amide bonds. The number of piperazine rings is 1. The van der Waals surface area contributed by atoms with Crippen molar-refractivity contribution in [3.05, 3.63) is 64.7 Å². The average Bonchev–Trinajstić information content (AvgIpc) is 2.70. The topological polar surface area (TPSA) is 52.7 Å². The summed E-state index contributed by atoms with van der Waals surface area (Å²) in [6.07, 6.45) is 0. The van der Waals surface area contributed by atoms with Crippen LogP contribution in [-0.4, -0.2) is 53.8 Å². The molecule has 1 saturated heterocycles. The van der Waals surface area contributed by atoms with E-state index >= 15 is 0 Å². The molecule has 5 nitrogen and oxygen atoms in total. The Bertz CT molecular complexity index is 868. The Labute approximate surface area is 166 Å². The monoisotopic (exact) mass is 407 g/mol. The molecule has 2 aromatic carbocycles. The summed E-state index contributed by atoms with van der Waals surface area (Å²) in [5.41, 5.74) is 0.374. The lowest BCUT2D eigenvalue weighted by Crippen LogP contribution is -2.54. The third kappa shape index (κ3) is 4.66. The van der Waals surface area contributed by atoms with Crippen LogP contribution in [0.3, 0.4) is 0 Å². The number of nitrogens with zero attached hydrogens (tertiary/aromatic N) is 2. The van der Waals surface area contributed by atoms with Gasteiger partial charge in [-0.05, 0) is 43.3 Å². The van der Waals surface area contributed by atoms with Gasteiger partial charge in [-0.3, -0.25) is 14.5 Å². The van der Waals surface area contributed by atoms with Crippen LogP contribution >= 0.6 is 11.6 Å². The smallest absolute Gasteiger partial charge is 0.253 e. The average molecular weight is 408 g/mol. The highest BCUT2D eigenvalue weighted by molar-refractivity contribution is 6.30. The van der Waals surface area contributed by atoms with E-state index in [2.05, 4.69) is 5.32 Å². The van der Waals surface area contributed by atoms with Gasteiger partial charge in [-0.2, -0.15) is 0 Å². The fraction of sp³-hybridized carbons (Fsp3) is 0.300. The summed E-state index contributed by atoms with van der Waals surface area (Å²) in [6, 6.07) is 9.06. The van der Waals surface area contributed by atoms with Gasteiger partial charge in [0.25, 0.3) is 5.91 Å². The Morgan fingerprint density at radius 1 is 1.04 bits per heavy atom. The second kappa shape index (κ2) is 8.67. The number of halogens is 3. The van der Waals surface area contributed by atoms with Crippen LogP contribution in [0.5, 0.6) is 0 Å². The molecule has 8 heteroatoms. The predicted molar refractivity (Wildman–Crippen MR) is 103 cm³/mol. The van der Waals surface area contributed by atoms with E-state index in [0.29, 0.717) is 36.8 Å². The molecule has 2 aromatic rings. The first-order valence-corrected chi connectivity index (χ1v) is 9.28. The number of amides is 2. The van der Waals surface area contributed by atoms with Crippen LogP contribution in [-0.2, 0) is 4.79 Å². The fourth-order valence-corrected chi connectivity index (χ4v) is 3.21. The zero-order valence-corrected chi connectivity index (χ0v) is 16.0. The first kappa shape index (κ1) is 20.2. The van der Waals surface area contributed by atoms with Crippen molar-refractivity contribution in [3.8, 4) is 0 Å². The normalized spacial score (nSPS) is 15.9. The van der Waals surface area contributed by atoms with Crippen LogP contribution in [0.25, 0.3) is 0 Å². The molecule has 1 fully saturated rings. The largest absolute Gasteiger partial charge is 0.336 e. The summed E-state index contributed by atoms with van der Waals surface area (Å²) in [7, 11) is 0. The maximum Gasteiger partial charge on any atom is 0.253 e. The van der Waals surface area contributed by atoms with Crippen molar-refractivity contribution < 1.29 is 18.4 Å². The van der Waals surface area contributed by atoms with Crippen LogP contribution in [0.2, 0.25) is 5.02 Å². The van der Waals surface area contributed by atoms with E-state index in [4.69, 9.17) is 11.6 Å². The first-order valence-electron chi connectivity index (χ1n) is 8.90. The van der Waals surface area contributed by atoms with Gasteiger partial charge < -0.3 is 10.2 Å². The Hall–Kier alpha value is -2.51. The minimum Gasteiger partial charge on any atom is -0.336 e. The molecule has 1 aliphatic heterocycles. The van der Waals surface area contributed by atoms with E-state index in [1.54, 1.807) is 36.1 Å². The third-order valence-electron chi connectivity index (χ3n) is 4.81. The summed E-state index contributed by atoms with van der Waals surface area (Å²) < 4.78 is 27.0. The maximum atomic E-state index is 13.7. The molecule has 148 valence electrons. The van der Waals surface area contributed by atoms with Crippen LogP contribution in [0.4, 0.5) is 14.5 Å². The van der Waals surface area contributed by atoms with E-state index in [9.17, 15) is 18.4 Å². The molecule has 0 bridgehead atoms.